The van der Waals surface area contributed by atoms with Crippen molar-refractivity contribution in [2.24, 2.45) is 5.92 Å². The van der Waals surface area contributed by atoms with E-state index in [-0.39, 0.29) is 3.42 Å². The molecular weight excluding hydrogens is 463 g/mol. The maximum Gasteiger partial charge on any atom is 0.0413 e. The van der Waals surface area contributed by atoms with Gasteiger partial charge in [0.15, 0.2) is 0 Å². The summed E-state index contributed by atoms with van der Waals surface area (Å²) in [5.41, 5.74) is 3.00. The number of halogens is 1. The molecule has 0 aliphatic heterocycles. The Morgan fingerprint density at radius 2 is 1.14 bits per heavy atom. The van der Waals surface area contributed by atoms with Gasteiger partial charge in [0.05, 0.1) is 0 Å². The van der Waals surface area contributed by atoms with Gasteiger partial charge in [-0.2, -0.15) is 0 Å². The molecule has 0 aromatic carbocycles. The number of rotatable bonds is 6. The first kappa shape index (κ1) is 46.9. The molecule has 0 spiro atoms. The highest BCUT2D eigenvalue weighted by atomic mass is 127. The minimum absolute atomic E-state index is 0.211. The van der Waals surface area contributed by atoms with E-state index in [1.165, 1.54) is 24.0 Å². The average Bonchev–Trinajstić information content (AvgIpc) is 2.76. The van der Waals surface area contributed by atoms with Gasteiger partial charge in [-0.1, -0.05) is 150 Å². The zero-order valence-corrected chi connectivity index (χ0v) is 26.3. The van der Waals surface area contributed by atoms with Crippen molar-refractivity contribution in [1.82, 2.24) is 0 Å². The lowest BCUT2D eigenvalue weighted by Gasteiger charge is -2.24. The van der Waals surface area contributed by atoms with Crippen LogP contribution in [0.3, 0.4) is 0 Å². The molecule has 182 valence electrons. The van der Waals surface area contributed by atoms with Gasteiger partial charge in [-0.3, -0.25) is 0 Å². The SMILES string of the molecule is C/C=C\C(C)/C=C(CCC)\C(=C/C)C(C)(C)I.CC.CC.CC.CC.CC.CC. The molecule has 0 bridgehead atoms. The fourth-order valence-electron chi connectivity index (χ4n) is 2.16. The topological polar surface area (TPSA) is 0 Å². The Morgan fingerprint density at radius 1 is 0.793 bits per heavy atom. The van der Waals surface area contributed by atoms with E-state index in [0.29, 0.717) is 5.92 Å². The fraction of sp³-hybridized carbons (Fsp3) is 0.786. The minimum atomic E-state index is 0.211. The number of hydrogen-bond acceptors (Lipinski definition) is 0. The Hall–Kier alpha value is -0.0500. The average molecular weight is 527 g/mol. The molecule has 0 radical (unpaired) electrons. The van der Waals surface area contributed by atoms with Crippen LogP contribution in [0.2, 0.25) is 0 Å². The zero-order valence-electron chi connectivity index (χ0n) is 24.2. The lowest BCUT2D eigenvalue weighted by Crippen LogP contribution is -2.15. The van der Waals surface area contributed by atoms with E-state index in [1.54, 1.807) is 0 Å². The van der Waals surface area contributed by atoms with E-state index >= 15 is 0 Å². The predicted octanol–water partition coefficient (Wildman–Crippen LogP) is 12.2. The number of allylic oxidation sites excluding steroid dienone is 6. The molecule has 0 aromatic rings. The van der Waals surface area contributed by atoms with Crippen LogP contribution in [-0.4, -0.2) is 3.42 Å². The van der Waals surface area contributed by atoms with Crippen LogP contribution in [0.15, 0.2) is 35.5 Å². The molecule has 0 aliphatic carbocycles. The molecule has 0 nitrogen and oxygen atoms in total. The van der Waals surface area contributed by atoms with E-state index in [4.69, 9.17) is 0 Å². The first-order valence-electron chi connectivity index (χ1n) is 12.6. The predicted molar refractivity (Wildman–Crippen MR) is 157 cm³/mol. The van der Waals surface area contributed by atoms with E-state index in [0.717, 1.165) is 0 Å². The molecule has 0 saturated heterocycles. The van der Waals surface area contributed by atoms with Crippen LogP contribution in [-0.2, 0) is 0 Å². The third kappa shape index (κ3) is 39.1. The number of alkyl halides is 1. The van der Waals surface area contributed by atoms with Gasteiger partial charge < -0.3 is 0 Å². The minimum Gasteiger partial charge on any atom is -0.0911 e. The third-order valence-electron chi connectivity index (χ3n) is 2.75. The fourth-order valence-corrected chi connectivity index (χ4v) is 2.82. The van der Waals surface area contributed by atoms with Crippen LogP contribution in [0, 0.1) is 5.92 Å². The summed E-state index contributed by atoms with van der Waals surface area (Å²) in [6.07, 6.45) is 11.5. The Balaban J connectivity index is -0.0000000684. The maximum atomic E-state index is 2.53. The molecule has 0 saturated carbocycles. The van der Waals surface area contributed by atoms with Crippen LogP contribution < -0.4 is 0 Å². The molecule has 0 N–H and O–H groups in total. The van der Waals surface area contributed by atoms with Gasteiger partial charge in [0.25, 0.3) is 0 Å². The van der Waals surface area contributed by atoms with Crippen molar-refractivity contribution in [3.05, 3.63) is 35.5 Å². The Bertz CT molecular complexity index is 301. The van der Waals surface area contributed by atoms with Crippen LogP contribution >= 0.6 is 22.6 Å². The Morgan fingerprint density at radius 3 is 1.34 bits per heavy atom. The third-order valence-corrected chi connectivity index (χ3v) is 3.34. The van der Waals surface area contributed by atoms with Crippen LogP contribution in [0.1, 0.15) is 137 Å². The normalized spacial score (nSPS) is 11.0. The monoisotopic (exact) mass is 526 g/mol. The van der Waals surface area contributed by atoms with Crippen molar-refractivity contribution >= 4 is 22.6 Å². The van der Waals surface area contributed by atoms with Gasteiger partial charge in [-0.15, -0.1) is 0 Å². The summed E-state index contributed by atoms with van der Waals surface area (Å²) in [6, 6.07) is 0. The van der Waals surface area contributed by atoms with Crippen molar-refractivity contribution < 1.29 is 0 Å². The largest absolute Gasteiger partial charge is 0.0911 e. The molecule has 1 atom stereocenters. The van der Waals surface area contributed by atoms with Crippen molar-refractivity contribution in [3.63, 3.8) is 0 Å². The quantitative estimate of drug-likeness (QED) is 0.140. The van der Waals surface area contributed by atoms with Crippen LogP contribution in [0.25, 0.3) is 0 Å². The summed E-state index contributed by atoms with van der Waals surface area (Å²) < 4.78 is 0.211. The lowest BCUT2D eigenvalue weighted by atomic mass is 9.89. The van der Waals surface area contributed by atoms with Crippen LogP contribution in [0.5, 0.6) is 0 Å². The second-order valence-electron chi connectivity index (χ2n) is 5.00. The molecular formula is C28H63I. The van der Waals surface area contributed by atoms with Gasteiger partial charge in [-0.05, 0) is 51.2 Å². The second-order valence-corrected chi connectivity index (χ2v) is 7.70. The van der Waals surface area contributed by atoms with Gasteiger partial charge in [0.1, 0.15) is 0 Å². The smallest absolute Gasteiger partial charge is 0.0413 e. The summed E-state index contributed by atoms with van der Waals surface area (Å²) in [7, 11) is 0. The first-order valence-corrected chi connectivity index (χ1v) is 13.6. The van der Waals surface area contributed by atoms with Gasteiger partial charge >= 0.3 is 0 Å². The van der Waals surface area contributed by atoms with Crippen molar-refractivity contribution in [2.75, 3.05) is 0 Å². The standard InChI is InChI=1S/C16H27I.6C2H6/c1-7-10-13(4)12-14(11-8-2)15(9-3)16(5,6)17;6*1-2/h7,9-10,12-13H,8,11H2,1-6H3;6*1-2H3/b10-7-,14-12-,15-9+;;;;;;. The summed E-state index contributed by atoms with van der Waals surface area (Å²) in [4.78, 5) is 0. The van der Waals surface area contributed by atoms with Crippen molar-refractivity contribution in [3.8, 4) is 0 Å². The van der Waals surface area contributed by atoms with E-state index in [9.17, 15) is 0 Å². The van der Waals surface area contributed by atoms with E-state index in [1.807, 2.05) is 83.1 Å². The highest BCUT2D eigenvalue weighted by Crippen LogP contribution is 2.34. The van der Waals surface area contributed by atoms with Crippen molar-refractivity contribution in [2.45, 2.75) is 141 Å². The molecule has 0 heterocycles. The molecule has 0 aliphatic rings. The molecule has 1 heteroatoms. The highest BCUT2D eigenvalue weighted by molar-refractivity contribution is 14.1. The number of hydrogen-bond donors (Lipinski definition) is 0. The molecule has 0 amide bonds. The molecule has 1 unspecified atom stereocenters. The maximum absolute atomic E-state index is 2.53. The summed E-state index contributed by atoms with van der Waals surface area (Å²) in [5, 5.41) is 0. The summed E-state index contributed by atoms with van der Waals surface area (Å²) >= 11 is 2.53. The summed E-state index contributed by atoms with van der Waals surface area (Å²) in [5.74, 6) is 0.523. The van der Waals surface area contributed by atoms with Crippen LogP contribution in [0.4, 0.5) is 0 Å². The molecule has 0 aromatic heterocycles. The Labute approximate surface area is 204 Å². The molecule has 0 rings (SSSR count). The highest BCUT2D eigenvalue weighted by Gasteiger charge is 2.21. The molecule has 29 heavy (non-hydrogen) atoms. The molecule has 0 fully saturated rings. The summed E-state index contributed by atoms with van der Waals surface area (Å²) in [6.45, 7) is 37.3. The lowest BCUT2D eigenvalue weighted by molar-refractivity contribution is 0.806. The van der Waals surface area contributed by atoms with Gasteiger partial charge in [-0.25, -0.2) is 0 Å². The van der Waals surface area contributed by atoms with E-state index in [2.05, 4.69) is 88.4 Å². The first-order chi connectivity index (χ1) is 13.9. The zero-order chi connectivity index (χ0) is 25.5. The van der Waals surface area contributed by atoms with E-state index < -0.39 is 0 Å². The van der Waals surface area contributed by atoms with Gasteiger partial charge in [0, 0.05) is 3.42 Å². The van der Waals surface area contributed by atoms with Crippen molar-refractivity contribution in [1.29, 1.82) is 0 Å². The second kappa shape index (κ2) is 46.3. The Kier molecular flexibility index (Phi) is 74.9. The van der Waals surface area contributed by atoms with Gasteiger partial charge in [0.2, 0.25) is 0 Å².